The Kier molecular flexibility index (Phi) is 2.46. The normalized spacial score (nSPS) is 25.0. The minimum absolute atomic E-state index is 0.406. The van der Waals surface area contributed by atoms with E-state index >= 15 is 0 Å². The van der Waals surface area contributed by atoms with Crippen LogP contribution in [0.4, 0.5) is 0 Å². The number of aryl methyl sites for hydroxylation is 2. The summed E-state index contributed by atoms with van der Waals surface area (Å²) in [6.45, 7) is 4.12. The summed E-state index contributed by atoms with van der Waals surface area (Å²) in [5, 5.41) is 9.59. The van der Waals surface area contributed by atoms with Crippen molar-refractivity contribution in [3.05, 3.63) is 29.3 Å². The van der Waals surface area contributed by atoms with E-state index in [1.807, 2.05) is 19.1 Å². The van der Waals surface area contributed by atoms with Crippen molar-refractivity contribution in [3.8, 4) is 5.75 Å². The van der Waals surface area contributed by atoms with E-state index in [2.05, 4.69) is 6.92 Å². The molecule has 0 radical (unpaired) electrons. The van der Waals surface area contributed by atoms with Gasteiger partial charge in [-0.2, -0.15) is 0 Å². The Bertz CT molecular complexity index is 333. The van der Waals surface area contributed by atoms with Crippen LogP contribution in [0.3, 0.4) is 0 Å². The summed E-state index contributed by atoms with van der Waals surface area (Å²) in [5.41, 5.74) is 2.23. The number of phenolic OH excluding ortho intramolecular Hbond substituents is 1. The zero-order chi connectivity index (χ0) is 10.1. The average molecular weight is 192 g/mol. The summed E-state index contributed by atoms with van der Waals surface area (Å²) < 4.78 is 5.33. The molecule has 0 aliphatic carbocycles. The third-order valence-corrected chi connectivity index (χ3v) is 2.77. The van der Waals surface area contributed by atoms with Crippen LogP contribution in [0.2, 0.25) is 0 Å². The fourth-order valence-electron chi connectivity index (χ4n) is 1.75. The zero-order valence-electron chi connectivity index (χ0n) is 8.66. The van der Waals surface area contributed by atoms with Crippen molar-refractivity contribution in [1.29, 1.82) is 0 Å². The second-order valence-corrected chi connectivity index (χ2v) is 4.05. The summed E-state index contributed by atoms with van der Waals surface area (Å²) in [4.78, 5) is 0. The van der Waals surface area contributed by atoms with Crippen LogP contribution in [0.5, 0.6) is 5.75 Å². The predicted molar refractivity (Wildman–Crippen MR) is 55.5 cm³/mol. The molecule has 2 heteroatoms. The summed E-state index contributed by atoms with van der Waals surface area (Å²) >= 11 is 0. The van der Waals surface area contributed by atoms with Crippen LogP contribution in [0.25, 0.3) is 0 Å². The Morgan fingerprint density at radius 1 is 1.43 bits per heavy atom. The van der Waals surface area contributed by atoms with Gasteiger partial charge in [-0.25, -0.2) is 0 Å². The van der Waals surface area contributed by atoms with Crippen LogP contribution < -0.4 is 0 Å². The lowest BCUT2D eigenvalue weighted by Gasteiger charge is -2.04. The maximum Gasteiger partial charge on any atom is 0.118 e. The molecule has 1 aromatic rings. The Labute approximate surface area is 84.5 Å². The largest absolute Gasteiger partial charge is 0.508 e. The van der Waals surface area contributed by atoms with Gasteiger partial charge in [0.2, 0.25) is 0 Å². The quantitative estimate of drug-likeness (QED) is 0.746. The van der Waals surface area contributed by atoms with E-state index in [-0.39, 0.29) is 0 Å². The van der Waals surface area contributed by atoms with E-state index < -0.39 is 0 Å². The van der Waals surface area contributed by atoms with E-state index in [4.69, 9.17) is 4.74 Å². The number of phenols is 1. The lowest BCUT2D eigenvalue weighted by molar-refractivity contribution is 0.369. The first-order valence-electron chi connectivity index (χ1n) is 5.11. The van der Waals surface area contributed by atoms with E-state index in [0.29, 0.717) is 18.0 Å². The Morgan fingerprint density at radius 2 is 2.14 bits per heavy atom. The number of benzene rings is 1. The first-order chi connectivity index (χ1) is 6.66. The highest BCUT2D eigenvalue weighted by atomic mass is 16.6. The lowest BCUT2D eigenvalue weighted by Crippen LogP contribution is -1.94. The second-order valence-electron chi connectivity index (χ2n) is 4.05. The van der Waals surface area contributed by atoms with E-state index in [9.17, 15) is 5.11 Å². The monoisotopic (exact) mass is 192 g/mol. The molecule has 1 heterocycles. The molecule has 1 N–H and O–H groups in total. The Balaban J connectivity index is 1.97. The maximum absolute atomic E-state index is 9.59. The SMILES string of the molecule is Cc1ccc(O)c(CCC2OC2C)c1. The molecule has 2 nitrogen and oxygen atoms in total. The molecular weight excluding hydrogens is 176 g/mol. The lowest BCUT2D eigenvalue weighted by atomic mass is 10.0. The molecular formula is C12H16O2. The number of aromatic hydroxyl groups is 1. The number of ether oxygens (including phenoxy) is 1. The van der Waals surface area contributed by atoms with Crippen LogP contribution in [0, 0.1) is 6.92 Å². The smallest absolute Gasteiger partial charge is 0.118 e. The van der Waals surface area contributed by atoms with E-state index in [1.165, 1.54) is 5.56 Å². The van der Waals surface area contributed by atoms with Gasteiger partial charge in [0.15, 0.2) is 0 Å². The Hall–Kier alpha value is -1.02. The first kappa shape index (κ1) is 9.53. The summed E-state index contributed by atoms with van der Waals surface area (Å²) in [6.07, 6.45) is 2.75. The molecule has 2 unspecified atom stereocenters. The molecule has 14 heavy (non-hydrogen) atoms. The standard InChI is InChI=1S/C12H16O2/c1-8-3-5-11(13)10(7-8)4-6-12-9(2)14-12/h3,5,7,9,12-13H,4,6H2,1-2H3. The highest BCUT2D eigenvalue weighted by molar-refractivity contribution is 5.35. The van der Waals surface area contributed by atoms with Crippen molar-refractivity contribution >= 4 is 0 Å². The molecule has 0 spiro atoms. The molecule has 0 aromatic heterocycles. The van der Waals surface area contributed by atoms with Crippen molar-refractivity contribution in [3.63, 3.8) is 0 Å². The minimum Gasteiger partial charge on any atom is -0.508 e. The van der Waals surface area contributed by atoms with Crippen LogP contribution in [-0.4, -0.2) is 17.3 Å². The van der Waals surface area contributed by atoms with E-state index in [0.717, 1.165) is 18.4 Å². The molecule has 0 bridgehead atoms. The van der Waals surface area contributed by atoms with Gasteiger partial charge in [-0.15, -0.1) is 0 Å². The molecule has 1 saturated heterocycles. The van der Waals surface area contributed by atoms with Gasteiger partial charge in [0, 0.05) is 0 Å². The van der Waals surface area contributed by atoms with Gasteiger partial charge in [-0.05, 0) is 38.3 Å². The summed E-state index contributed by atoms with van der Waals surface area (Å²) in [7, 11) is 0. The summed E-state index contributed by atoms with van der Waals surface area (Å²) in [6, 6.07) is 5.74. The number of rotatable bonds is 3. The number of epoxide rings is 1. The van der Waals surface area contributed by atoms with Crippen molar-refractivity contribution in [1.82, 2.24) is 0 Å². The highest BCUT2D eigenvalue weighted by Crippen LogP contribution is 2.28. The van der Waals surface area contributed by atoms with Crippen molar-refractivity contribution in [2.75, 3.05) is 0 Å². The fraction of sp³-hybridized carbons (Fsp3) is 0.500. The number of hydrogen-bond donors (Lipinski definition) is 1. The number of hydrogen-bond acceptors (Lipinski definition) is 2. The molecule has 76 valence electrons. The maximum atomic E-state index is 9.59. The highest BCUT2D eigenvalue weighted by Gasteiger charge is 2.33. The molecule has 1 aromatic carbocycles. The van der Waals surface area contributed by atoms with Crippen LogP contribution in [0.15, 0.2) is 18.2 Å². The topological polar surface area (TPSA) is 32.8 Å². The van der Waals surface area contributed by atoms with Crippen molar-refractivity contribution in [2.45, 2.75) is 38.9 Å². The third-order valence-electron chi connectivity index (χ3n) is 2.77. The third kappa shape index (κ3) is 2.07. The van der Waals surface area contributed by atoms with Gasteiger partial charge in [-0.1, -0.05) is 17.7 Å². The van der Waals surface area contributed by atoms with Gasteiger partial charge in [0.25, 0.3) is 0 Å². The van der Waals surface area contributed by atoms with Crippen molar-refractivity contribution < 1.29 is 9.84 Å². The zero-order valence-corrected chi connectivity index (χ0v) is 8.66. The average Bonchev–Trinajstić information content (AvgIpc) is 2.84. The molecule has 0 amide bonds. The van der Waals surface area contributed by atoms with Crippen LogP contribution in [-0.2, 0) is 11.2 Å². The molecule has 2 atom stereocenters. The molecule has 0 saturated carbocycles. The van der Waals surface area contributed by atoms with Crippen molar-refractivity contribution in [2.24, 2.45) is 0 Å². The van der Waals surface area contributed by atoms with E-state index in [1.54, 1.807) is 6.07 Å². The van der Waals surface area contributed by atoms with Gasteiger partial charge in [0.1, 0.15) is 5.75 Å². The van der Waals surface area contributed by atoms with Crippen LogP contribution in [0.1, 0.15) is 24.5 Å². The summed E-state index contributed by atoms with van der Waals surface area (Å²) in [5.74, 6) is 0.406. The predicted octanol–water partition coefficient (Wildman–Crippen LogP) is 2.42. The van der Waals surface area contributed by atoms with Gasteiger partial charge in [-0.3, -0.25) is 0 Å². The Morgan fingerprint density at radius 3 is 2.79 bits per heavy atom. The van der Waals surface area contributed by atoms with Gasteiger partial charge < -0.3 is 9.84 Å². The minimum atomic E-state index is 0.406. The molecule has 1 fully saturated rings. The fourth-order valence-corrected chi connectivity index (χ4v) is 1.75. The second kappa shape index (κ2) is 3.62. The molecule has 1 aliphatic heterocycles. The van der Waals surface area contributed by atoms with Gasteiger partial charge in [0.05, 0.1) is 12.2 Å². The molecule has 2 rings (SSSR count). The molecule has 1 aliphatic rings. The van der Waals surface area contributed by atoms with Gasteiger partial charge >= 0.3 is 0 Å². The first-order valence-corrected chi connectivity index (χ1v) is 5.11. The van der Waals surface area contributed by atoms with Crippen LogP contribution >= 0.6 is 0 Å².